The van der Waals surface area contributed by atoms with Crippen LogP contribution in [0, 0.1) is 18.3 Å². The minimum absolute atomic E-state index is 0.126. The third-order valence-corrected chi connectivity index (χ3v) is 2.24. The molecule has 0 radical (unpaired) electrons. The lowest BCUT2D eigenvalue weighted by molar-refractivity contribution is -0.117. The second-order valence-corrected chi connectivity index (χ2v) is 3.45. The zero-order valence-corrected chi connectivity index (χ0v) is 8.28. The van der Waals surface area contributed by atoms with Crippen LogP contribution in [0.1, 0.15) is 11.1 Å². The van der Waals surface area contributed by atoms with E-state index in [0.29, 0.717) is 17.9 Å². The van der Waals surface area contributed by atoms with Crippen LogP contribution in [-0.2, 0) is 9.53 Å². The van der Waals surface area contributed by atoms with Crippen LogP contribution in [0.5, 0.6) is 0 Å². The Morgan fingerprint density at radius 1 is 1.67 bits per heavy atom. The molecular weight excluding hydrogens is 192 g/mol. The van der Waals surface area contributed by atoms with E-state index in [1.165, 1.54) is 0 Å². The van der Waals surface area contributed by atoms with Gasteiger partial charge in [0, 0.05) is 5.69 Å². The van der Waals surface area contributed by atoms with Gasteiger partial charge in [-0.2, -0.15) is 5.26 Å². The van der Waals surface area contributed by atoms with E-state index in [0.717, 1.165) is 5.56 Å². The molecule has 1 unspecified atom stereocenters. The molecule has 0 aromatic heterocycles. The minimum atomic E-state index is -0.291. The van der Waals surface area contributed by atoms with Crippen molar-refractivity contribution in [1.29, 1.82) is 5.26 Å². The molecule has 76 valence electrons. The highest BCUT2D eigenvalue weighted by Gasteiger charge is 2.31. The molecule has 1 aliphatic rings. The number of nitrogens with one attached hydrogen (secondary N) is 1. The van der Waals surface area contributed by atoms with Gasteiger partial charge < -0.3 is 10.1 Å². The van der Waals surface area contributed by atoms with E-state index < -0.39 is 0 Å². The summed E-state index contributed by atoms with van der Waals surface area (Å²) in [5, 5.41) is 11.5. The number of carbonyl (C=O) groups excluding carboxylic acids is 1. The average Bonchev–Trinajstić information content (AvgIpc) is 3.01. The monoisotopic (exact) mass is 202 g/mol. The number of anilines is 1. The van der Waals surface area contributed by atoms with E-state index in [1.807, 2.05) is 6.92 Å². The van der Waals surface area contributed by atoms with Crippen molar-refractivity contribution >= 4 is 11.6 Å². The normalized spacial score (nSPS) is 18.0. The fourth-order valence-electron chi connectivity index (χ4n) is 1.29. The quantitative estimate of drug-likeness (QED) is 0.733. The van der Waals surface area contributed by atoms with Crippen molar-refractivity contribution < 1.29 is 9.53 Å². The zero-order valence-electron chi connectivity index (χ0n) is 8.28. The maximum atomic E-state index is 11.3. The fraction of sp³-hybridized carbons (Fsp3) is 0.273. The van der Waals surface area contributed by atoms with E-state index >= 15 is 0 Å². The highest BCUT2D eigenvalue weighted by atomic mass is 16.6. The first-order valence-electron chi connectivity index (χ1n) is 4.64. The number of ether oxygens (including phenoxy) is 1. The number of amides is 1. The maximum Gasteiger partial charge on any atom is 0.255 e. The first-order valence-corrected chi connectivity index (χ1v) is 4.64. The van der Waals surface area contributed by atoms with Crippen molar-refractivity contribution in [2.45, 2.75) is 13.0 Å². The Hall–Kier alpha value is -1.86. The van der Waals surface area contributed by atoms with Crippen LogP contribution in [0.15, 0.2) is 18.2 Å². The van der Waals surface area contributed by atoms with Crippen molar-refractivity contribution in [2.24, 2.45) is 0 Å². The Morgan fingerprint density at radius 2 is 2.40 bits per heavy atom. The van der Waals surface area contributed by atoms with Crippen LogP contribution in [0.25, 0.3) is 0 Å². The lowest BCUT2D eigenvalue weighted by Crippen LogP contribution is -2.17. The highest BCUT2D eigenvalue weighted by molar-refractivity contribution is 5.95. The van der Waals surface area contributed by atoms with E-state index in [4.69, 9.17) is 10.00 Å². The van der Waals surface area contributed by atoms with Gasteiger partial charge in [-0.25, -0.2) is 0 Å². The van der Waals surface area contributed by atoms with Crippen molar-refractivity contribution in [3.8, 4) is 6.07 Å². The predicted molar refractivity (Wildman–Crippen MR) is 54.3 cm³/mol. The summed E-state index contributed by atoms with van der Waals surface area (Å²) in [6, 6.07) is 7.26. The number of nitrogens with zero attached hydrogens (tertiary/aromatic N) is 1. The first kappa shape index (κ1) is 9.69. The molecule has 1 fully saturated rings. The van der Waals surface area contributed by atoms with Gasteiger partial charge in [-0.05, 0) is 30.7 Å². The Labute approximate surface area is 87.5 Å². The van der Waals surface area contributed by atoms with Crippen molar-refractivity contribution in [1.82, 2.24) is 0 Å². The lowest BCUT2D eigenvalue weighted by Gasteiger charge is -2.04. The van der Waals surface area contributed by atoms with Crippen LogP contribution in [0.3, 0.4) is 0 Å². The minimum Gasteiger partial charge on any atom is -0.363 e. The maximum absolute atomic E-state index is 11.3. The number of benzene rings is 1. The van der Waals surface area contributed by atoms with Gasteiger partial charge in [-0.1, -0.05) is 0 Å². The van der Waals surface area contributed by atoms with Crippen LogP contribution in [0.2, 0.25) is 0 Å². The molecule has 0 spiro atoms. The van der Waals surface area contributed by atoms with Gasteiger partial charge >= 0.3 is 0 Å². The SMILES string of the molecule is Cc1cc(NC(=O)C2CO2)ccc1C#N. The zero-order chi connectivity index (χ0) is 10.8. The molecule has 1 aromatic carbocycles. The number of rotatable bonds is 2. The van der Waals surface area contributed by atoms with Crippen LogP contribution >= 0.6 is 0 Å². The second kappa shape index (κ2) is 3.71. The van der Waals surface area contributed by atoms with Crippen LogP contribution in [-0.4, -0.2) is 18.6 Å². The number of hydrogen-bond donors (Lipinski definition) is 1. The van der Waals surface area contributed by atoms with E-state index in [1.54, 1.807) is 18.2 Å². The van der Waals surface area contributed by atoms with Crippen molar-refractivity contribution in [3.63, 3.8) is 0 Å². The van der Waals surface area contributed by atoms with Gasteiger partial charge in [0.25, 0.3) is 5.91 Å². The average molecular weight is 202 g/mol. The summed E-state index contributed by atoms with van der Waals surface area (Å²) in [5.41, 5.74) is 2.18. The Bertz CT molecular complexity index is 444. The van der Waals surface area contributed by atoms with Crippen LogP contribution < -0.4 is 5.32 Å². The molecule has 2 rings (SSSR count). The smallest absolute Gasteiger partial charge is 0.255 e. The standard InChI is InChI=1S/C11H10N2O2/c1-7-4-9(3-2-8(7)5-12)13-11(14)10-6-15-10/h2-4,10H,6H2,1H3,(H,13,14). The number of carbonyl (C=O) groups is 1. The summed E-state index contributed by atoms with van der Waals surface area (Å²) in [6.07, 6.45) is -0.291. The van der Waals surface area contributed by atoms with E-state index in [-0.39, 0.29) is 12.0 Å². The molecule has 1 amide bonds. The van der Waals surface area contributed by atoms with Crippen LogP contribution in [0.4, 0.5) is 5.69 Å². The second-order valence-electron chi connectivity index (χ2n) is 3.45. The van der Waals surface area contributed by atoms with Gasteiger partial charge in [0.2, 0.25) is 0 Å². The lowest BCUT2D eigenvalue weighted by atomic mass is 10.1. The van der Waals surface area contributed by atoms with Crippen molar-refractivity contribution in [3.05, 3.63) is 29.3 Å². The number of nitriles is 1. The molecule has 0 bridgehead atoms. The Morgan fingerprint density at radius 3 is 2.93 bits per heavy atom. The highest BCUT2D eigenvalue weighted by Crippen LogP contribution is 2.17. The predicted octanol–water partition coefficient (Wildman–Crippen LogP) is 1.20. The summed E-state index contributed by atoms with van der Waals surface area (Å²) < 4.78 is 4.85. The largest absolute Gasteiger partial charge is 0.363 e. The first-order chi connectivity index (χ1) is 7.20. The molecule has 1 N–H and O–H groups in total. The third kappa shape index (κ3) is 2.14. The van der Waals surface area contributed by atoms with Gasteiger partial charge in [-0.15, -0.1) is 0 Å². The molecule has 1 atom stereocenters. The third-order valence-electron chi connectivity index (χ3n) is 2.24. The van der Waals surface area contributed by atoms with Gasteiger partial charge in [0.05, 0.1) is 18.2 Å². The molecule has 15 heavy (non-hydrogen) atoms. The molecule has 1 aromatic rings. The summed E-state index contributed by atoms with van der Waals surface area (Å²) >= 11 is 0. The van der Waals surface area contributed by atoms with Gasteiger partial charge in [0.15, 0.2) is 6.10 Å². The van der Waals surface area contributed by atoms with Gasteiger partial charge in [0.1, 0.15) is 0 Å². The molecule has 1 aliphatic heterocycles. The van der Waals surface area contributed by atoms with E-state index in [2.05, 4.69) is 11.4 Å². The molecular formula is C11H10N2O2. The molecule has 4 heteroatoms. The number of aryl methyl sites for hydroxylation is 1. The Balaban J connectivity index is 2.12. The topological polar surface area (TPSA) is 65.4 Å². The molecule has 1 heterocycles. The molecule has 0 saturated carbocycles. The molecule has 0 aliphatic carbocycles. The molecule has 1 saturated heterocycles. The fourth-order valence-corrected chi connectivity index (χ4v) is 1.29. The molecule has 4 nitrogen and oxygen atoms in total. The van der Waals surface area contributed by atoms with Crippen molar-refractivity contribution in [2.75, 3.05) is 11.9 Å². The number of epoxide rings is 1. The summed E-state index contributed by atoms with van der Waals surface area (Å²) in [6.45, 7) is 2.34. The number of hydrogen-bond acceptors (Lipinski definition) is 3. The summed E-state index contributed by atoms with van der Waals surface area (Å²) in [5.74, 6) is -0.126. The van der Waals surface area contributed by atoms with Gasteiger partial charge in [-0.3, -0.25) is 4.79 Å². The summed E-state index contributed by atoms with van der Waals surface area (Å²) in [7, 11) is 0. The Kier molecular flexibility index (Phi) is 2.40. The summed E-state index contributed by atoms with van der Waals surface area (Å²) in [4.78, 5) is 11.3. The van der Waals surface area contributed by atoms with E-state index in [9.17, 15) is 4.79 Å².